The van der Waals surface area contributed by atoms with Crippen LogP contribution < -0.4 is 0 Å². The lowest BCUT2D eigenvalue weighted by molar-refractivity contribution is 0.363. The van der Waals surface area contributed by atoms with E-state index in [1.54, 1.807) is 0 Å². The Morgan fingerprint density at radius 1 is 0.786 bits per heavy atom. The first-order valence-corrected chi connectivity index (χ1v) is 8.32. The maximum Gasteiger partial charge on any atom is 0.140 e. The van der Waals surface area contributed by atoms with Gasteiger partial charge in [0.1, 0.15) is 11.5 Å². The largest absolute Gasteiger partial charge is 0.578 e. The van der Waals surface area contributed by atoms with Crippen LogP contribution in [0.15, 0.2) is 0 Å². The molecule has 0 saturated carbocycles. The summed E-state index contributed by atoms with van der Waals surface area (Å²) in [6, 6.07) is 0. The van der Waals surface area contributed by atoms with Crippen LogP contribution in [0.1, 0.15) is 0 Å². The third kappa shape index (κ3) is 2.96. The van der Waals surface area contributed by atoms with E-state index in [4.69, 9.17) is 0 Å². The fourth-order valence-electron chi connectivity index (χ4n) is 1.57. The molecule has 3 nitrogen and oxygen atoms in total. The molecule has 0 spiro atoms. The zero-order valence-electron chi connectivity index (χ0n) is 8.18. The van der Waals surface area contributed by atoms with Crippen molar-refractivity contribution in [3.8, 4) is 0 Å². The van der Waals surface area contributed by atoms with Gasteiger partial charge in [-0.2, -0.15) is 23.5 Å². The van der Waals surface area contributed by atoms with E-state index in [0.717, 1.165) is 49.2 Å². The summed E-state index contributed by atoms with van der Waals surface area (Å²) in [5, 5.41) is 0. The van der Waals surface area contributed by atoms with E-state index in [1.165, 1.54) is 0 Å². The number of hydrogen-bond donors (Lipinski definition) is 0. The van der Waals surface area contributed by atoms with Gasteiger partial charge in [0, 0.05) is 23.0 Å². The predicted octanol–water partition coefficient (Wildman–Crippen LogP) is 0.663. The maximum atomic E-state index is 12.1. The smallest absolute Gasteiger partial charge is 0.140 e. The van der Waals surface area contributed by atoms with Crippen LogP contribution in [0.5, 0.6) is 0 Å². The summed E-state index contributed by atoms with van der Waals surface area (Å²) < 4.78 is 16.3. The summed E-state index contributed by atoms with van der Waals surface area (Å²) in [7, 11) is 0. The molecular formula is C8H16N2OS3. The summed E-state index contributed by atoms with van der Waals surface area (Å²) in [5.41, 5.74) is 0. The van der Waals surface area contributed by atoms with Crippen LogP contribution in [-0.2, 0) is 11.5 Å². The van der Waals surface area contributed by atoms with Crippen LogP contribution in [0.2, 0.25) is 0 Å². The number of hydrogen-bond acceptors (Lipinski definition) is 5. The molecule has 0 aliphatic carbocycles. The molecule has 2 saturated heterocycles. The Bertz CT molecular complexity index is 154. The van der Waals surface area contributed by atoms with Crippen LogP contribution in [0, 0.1) is 0 Å². The molecule has 0 aromatic heterocycles. The van der Waals surface area contributed by atoms with Crippen LogP contribution in [0.3, 0.4) is 0 Å². The van der Waals surface area contributed by atoms with E-state index < -0.39 is 11.5 Å². The van der Waals surface area contributed by atoms with Crippen molar-refractivity contribution in [3.63, 3.8) is 0 Å². The van der Waals surface area contributed by atoms with Crippen molar-refractivity contribution in [1.82, 2.24) is 8.61 Å². The zero-order chi connectivity index (χ0) is 9.80. The minimum Gasteiger partial charge on any atom is -0.578 e. The molecule has 0 atom stereocenters. The second kappa shape index (κ2) is 5.86. The molecule has 0 amide bonds. The molecule has 0 aromatic carbocycles. The van der Waals surface area contributed by atoms with Gasteiger partial charge in [-0.05, 0) is 0 Å². The molecule has 0 aromatic rings. The molecule has 2 aliphatic rings. The van der Waals surface area contributed by atoms with E-state index in [0.29, 0.717) is 0 Å². The quantitative estimate of drug-likeness (QED) is 0.674. The predicted molar refractivity (Wildman–Crippen MR) is 65.9 cm³/mol. The fourth-order valence-corrected chi connectivity index (χ4v) is 5.15. The Labute approximate surface area is 97.4 Å². The van der Waals surface area contributed by atoms with E-state index in [-0.39, 0.29) is 0 Å². The minimum absolute atomic E-state index is 0.853. The van der Waals surface area contributed by atoms with Gasteiger partial charge >= 0.3 is 0 Å². The minimum atomic E-state index is -0.853. The monoisotopic (exact) mass is 252 g/mol. The van der Waals surface area contributed by atoms with Crippen molar-refractivity contribution >= 4 is 35.1 Å². The molecule has 0 N–H and O–H groups in total. The Kier molecular flexibility index (Phi) is 4.78. The van der Waals surface area contributed by atoms with Gasteiger partial charge in [0.05, 0.1) is 26.2 Å². The van der Waals surface area contributed by atoms with Gasteiger partial charge in [0.15, 0.2) is 0 Å². The molecule has 14 heavy (non-hydrogen) atoms. The third-order valence-corrected chi connectivity index (χ3v) is 5.88. The van der Waals surface area contributed by atoms with Crippen molar-refractivity contribution in [1.29, 1.82) is 0 Å². The maximum absolute atomic E-state index is 12.1. The van der Waals surface area contributed by atoms with E-state index in [1.807, 2.05) is 23.5 Å². The summed E-state index contributed by atoms with van der Waals surface area (Å²) in [5.74, 6) is 4.53. The fraction of sp³-hybridized carbons (Fsp3) is 1.00. The highest BCUT2D eigenvalue weighted by molar-refractivity contribution is 7.99. The molecule has 0 unspecified atom stereocenters. The second-order valence-corrected chi connectivity index (χ2v) is 7.26. The topological polar surface area (TPSA) is 29.5 Å². The lowest BCUT2D eigenvalue weighted by atomic mass is 10.6. The van der Waals surface area contributed by atoms with Gasteiger partial charge < -0.3 is 4.55 Å². The first kappa shape index (κ1) is 11.4. The van der Waals surface area contributed by atoms with Crippen molar-refractivity contribution in [3.05, 3.63) is 0 Å². The van der Waals surface area contributed by atoms with Gasteiger partial charge in [-0.15, -0.1) is 8.61 Å². The Morgan fingerprint density at radius 2 is 1.14 bits per heavy atom. The highest BCUT2D eigenvalue weighted by Crippen LogP contribution is 2.19. The van der Waals surface area contributed by atoms with Gasteiger partial charge in [0.2, 0.25) is 0 Å². The van der Waals surface area contributed by atoms with E-state index in [9.17, 15) is 4.55 Å². The standard InChI is InChI=1S/C8H16N2OS3/c11-14(9-1-5-12-6-2-9)10-3-7-13-8-4-10/h1-8H2. The van der Waals surface area contributed by atoms with Crippen molar-refractivity contribution in [2.75, 3.05) is 49.2 Å². The van der Waals surface area contributed by atoms with Crippen LogP contribution in [0.25, 0.3) is 0 Å². The van der Waals surface area contributed by atoms with Gasteiger partial charge in [-0.1, -0.05) is 0 Å². The molecule has 2 rings (SSSR count). The summed E-state index contributed by atoms with van der Waals surface area (Å²) in [6.45, 7) is 3.95. The molecular weight excluding hydrogens is 236 g/mol. The van der Waals surface area contributed by atoms with Crippen molar-refractivity contribution in [2.24, 2.45) is 0 Å². The summed E-state index contributed by atoms with van der Waals surface area (Å²) in [6.07, 6.45) is 0. The van der Waals surface area contributed by atoms with Crippen molar-refractivity contribution in [2.45, 2.75) is 0 Å². The number of rotatable bonds is 2. The average molecular weight is 252 g/mol. The Balaban J connectivity index is 1.82. The SMILES string of the molecule is [O-][S+](N1CCSCC1)N1CCSCC1. The van der Waals surface area contributed by atoms with Crippen molar-refractivity contribution < 1.29 is 4.55 Å². The molecule has 2 heterocycles. The number of nitrogens with zero attached hydrogens (tertiary/aromatic N) is 2. The normalized spacial score (nSPS) is 27.0. The first-order valence-electron chi connectivity index (χ1n) is 4.95. The number of thioether (sulfide) groups is 2. The van der Waals surface area contributed by atoms with E-state index in [2.05, 4.69) is 8.61 Å². The molecule has 6 heteroatoms. The lowest BCUT2D eigenvalue weighted by Gasteiger charge is -2.34. The molecule has 82 valence electrons. The van der Waals surface area contributed by atoms with Gasteiger partial charge in [-0.25, -0.2) is 0 Å². The molecule has 0 bridgehead atoms. The highest BCUT2D eigenvalue weighted by Gasteiger charge is 2.30. The van der Waals surface area contributed by atoms with Gasteiger partial charge in [0.25, 0.3) is 0 Å². The highest BCUT2D eigenvalue weighted by atomic mass is 32.2. The summed E-state index contributed by atoms with van der Waals surface area (Å²) >= 11 is 3.08. The van der Waals surface area contributed by atoms with E-state index >= 15 is 0 Å². The van der Waals surface area contributed by atoms with Gasteiger partial charge in [-0.3, -0.25) is 0 Å². The first-order chi connectivity index (χ1) is 6.88. The zero-order valence-corrected chi connectivity index (χ0v) is 10.6. The molecule has 2 aliphatic heterocycles. The van der Waals surface area contributed by atoms with Crippen LogP contribution in [-0.4, -0.2) is 62.4 Å². The molecule has 2 fully saturated rings. The summed E-state index contributed by atoms with van der Waals surface area (Å²) in [4.78, 5) is 0. The Hall–Kier alpha value is 0.930. The van der Waals surface area contributed by atoms with Crippen LogP contribution in [0.4, 0.5) is 0 Å². The second-order valence-electron chi connectivity index (χ2n) is 3.31. The lowest BCUT2D eigenvalue weighted by Crippen LogP contribution is -2.49. The average Bonchev–Trinajstić information content (AvgIpc) is 2.30. The van der Waals surface area contributed by atoms with Crippen LogP contribution >= 0.6 is 23.5 Å². The third-order valence-electron chi connectivity index (χ3n) is 2.38. The molecule has 0 radical (unpaired) electrons. The Morgan fingerprint density at radius 3 is 1.50 bits per heavy atom.